The molecule has 0 N–H and O–H groups in total. The predicted molar refractivity (Wildman–Crippen MR) is 114 cm³/mol. The van der Waals surface area contributed by atoms with E-state index in [1.165, 1.54) is 33.4 Å². The summed E-state index contributed by atoms with van der Waals surface area (Å²) in [6.07, 6.45) is -0.0536. The Morgan fingerprint density at radius 1 is 1.06 bits per heavy atom. The minimum atomic E-state index is -1.18. The fraction of sp³-hybridized carbons (Fsp3) is 0.368. The van der Waals surface area contributed by atoms with Gasteiger partial charge in [0.15, 0.2) is 11.6 Å². The number of hydrogen-bond acceptors (Lipinski definition) is 7. The van der Waals surface area contributed by atoms with Gasteiger partial charge >= 0.3 is 12.1 Å². The molecule has 1 aromatic heterocycles. The molecule has 1 aromatic carbocycles. The Labute approximate surface area is 188 Å². The number of rotatable bonds is 4. The molecule has 2 rings (SSSR count). The van der Waals surface area contributed by atoms with E-state index in [0.717, 1.165) is 11.2 Å². The van der Waals surface area contributed by atoms with E-state index in [9.17, 15) is 9.59 Å². The standard InChI is InChI=1S/C19H21Cl2FN4O5/c1-19(2,3)31-18(28)26(17(27)25(4)13-8-12(20)23-9-24-13)16-14(21)10(29-5)7-11(30-6)15(16)22/h7-9H,1-6H3. The van der Waals surface area contributed by atoms with E-state index < -0.39 is 29.2 Å². The third kappa shape index (κ3) is 5.45. The Hall–Kier alpha value is -2.85. The Morgan fingerprint density at radius 3 is 2.19 bits per heavy atom. The van der Waals surface area contributed by atoms with Crippen molar-refractivity contribution < 1.29 is 28.2 Å². The first-order valence-corrected chi connectivity index (χ1v) is 9.55. The van der Waals surface area contributed by atoms with Crippen LogP contribution in [0.2, 0.25) is 10.2 Å². The van der Waals surface area contributed by atoms with E-state index in [1.54, 1.807) is 20.8 Å². The lowest BCUT2D eigenvalue weighted by molar-refractivity contribution is 0.0593. The van der Waals surface area contributed by atoms with Crippen LogP contribution in [-0.2, 0) is 4.74 Å². The third-order valence-electron chi connectivity index (χ3n) is 3.79. The second-order valence-electron chi connectivity index (χ2n) is 7.11. The number of carbonyl (C=O) groups is 2. The van der Waals surface area contributed by atoms with E-state index in [1.807, 2.05) is 0 Å². The SMILES string of the molecule is COc1cc(OC)c(Cl)c(N(C(=O)OC(C)(C)C)C(=O)N(C)c2cc(Cl)ncn2)c1F. The minimum Gasteiger partial charge on any atom is -0.495 e. The quantitative estimate of drug-likeness (QED) is 0.579. The Morgan fingerprint density at radius 2 is 1.68 bits per heavy atom. The number of urea groups is 1. The van der Waals surface area contributed by atoms with Gasteiger partial charge in [-0.15, -0.1) is 0 Å². The van der Waals surface area contributed by atoms with Crippen LogP contribution in [0.25, 0.3) is 0 Å². The average molecular weight is 475 g/mol. The lowest BCUT2D eigenvalue weighted by Crippen LogP contribution is -2.48. The maximum atomic E-state index is 15.3. The molecule has 3 amide bonds. The van der Waals surface area contributed by atoms with Crippen molar-refractivity contribution in [3.05, 3.63) is 34.5 Å². The molecule has 168 valence electrons. The first-order chi connectivity index (χ1) is 14.4. The molecule has 31 heavy (non-hydrogen) atoms. The molecule has 0 unspecified atom stereocenters. The number of methoxy groups -OCH3 is 2. The molecule has 2 aromatic rings. The van der Waals surface area contributed by atoms with Crippen molar-refractivity contribution in [2.24, 2.45) is 0 Å². The van der Waals surface area contributed by atoms with Crippen molar-refractivity contribution in [3.63, 3.8) is 0 Å². The molecule has 0 aliphatic rings. The topological polar surface area (TPSA) is 94.1 Å². The van der Waals surface area contributed by atoms with Crippen LogP contribution in [0.5, 0.6) is 11.5 Å². The van der Waals surface area contributed by atoms with Gasteiger partial charge in [0.1, 0.15) is 39.4 Å². The molecule has 0 aliphatic heterocycles. The number of amides is 3. The lowest BCUT2D eigenvalue weighted by Gasteiger charge is -2.30. The van der Waals surface area contributed by atoms with Gasteiger partial charge in [-0.1, -0.05) is 23.2 Å². The summed E-state index contributed by atoms with van der Waals surface area (Å²) in [5, 5.41) is -0.283. The average Bonchev–Trinajstić information content (AvgIpc) is 2.68. The predicted octanol–water partition coefficient (Wildman–Crippen LogP) is 4.94. The van der Waals surface area contributed by atoms with E-state index in [2.05, 4.69) is 9.97 Å². The van der Waals surface area contributed by atoms with Crippen LogP contribution in [-0.4, -0.2) is 49.0 Å². The highest BCUT2D eigenvalue weighted by molar-refractivity contribution is 6.37. The van der Waals surface area contributed by atoms with Gasteiger partial charge in [-0.2, -0.15) is 4.90 Å². The Bertz CT molecular complexity index is 972. The van der Waals surface area contributed by atoms with E-state index >= 15 is 4.39 Å². The summed E-state index contributed by atoms with van der Waals surface area (Å²) in [7, 11) is 3.81. The van der Waals surface area contributed by atoms with E-state index in [0.29, 0.717) is 4.90 Å². The van der Waals surface area contributed by atoms with Crippen molar-refractivity contribution in [2.75, 3.05) is 31.1 Å². The maximum Gasteiger partial charge on any atom is 0.423 e. The molecule has 12 heteroatoms. The normalized spacial score (nSPS) is 11.0. The van der Waals surface area contributed by atoms with Gasteiger partial charge in [0.05, 0.1) is 14.2 Å². The van der Waals surface area contributed by atoms with Crippen molar-refractivity contribution in [1.82, 2.24) is 9.97 Å². The highest BCUT2D eigenvalue weighted by atomic mass is 35.5. The van der Waals surface area contributed by atoms with Gasteiger partial charge < -0.3 is 14.2 Å². The first kappa shape index (κ1) is 24.4. The number of aromatic nitrogens is 2. The van der Waals surface area contributed by atoms with Crippen molar-refractivity contribution in [3.8, 4) is 11.5 Å². The van der Waals surface area contributed by atoms with Gasteiger partial charge in [0.25, 0.3) is 0 Å². The molecule has 0 fully saturated rings. The zero-order valence-corrected chi connectivity index (χ0v) is 19.2. The largest absolute Gasteiger partial charge is 0.495 e. The van der Waals surface area contributed by atoms with Crippen molar-refractivity contribution >= 4 is 46.8 Å². The molecule has 9 nitrogen and oxygen atoms in total. The molecule has 0 radical (unpaired) electrons. The molecule has 0 saturated heterocycles. The van der Waals surface area contributed by atoms with Crippen LogP contribution in [0.1, 0.15) is 20.8 Å². The lowest BCUT2D eigenvalue weighted by atomic mass is 10.2. The molecule has 0 saturated carbocycles. The zero-order chi connectivity index (χ0) is 23.5. The van der Waals surface area contributed by atoms with Gasteiger partial charge in [0.2, 0.25) is 0 Å². The Balaban J connectivity index is 2.70. The molecule has 0 atom stereocenters. The highest BCUT2D eigenvalue weighted by Crippen LogP contribution is 2.43. The first-order valence-electron chi connectivity index (χ1n) is 8.79. The van der Waals surface area contributed by atoms with Crippen LogP contribution in [0.4, 0.5) is 25.5 Å². The maximum absolute atomic E-state index is 15.3. The van der Waals surface area contributed by atoms with Crippen molar-refractivity contribution in [2.45, 2.75) is 26.4 Å². The van der Waals surface area contributed by atoms with Crippen LogP contribution in [0.15, 0.2) is 18.5 Å². The molecular formula is C19H21Cl2FN4O5. The summed E-state index contributed by atoms with van der Waals surface area (Å²) in [5.41, 5.74) is -1.61. The number of ether oxygens (including phenoxy) is 3. The van der Waals surface area contributed by atoms with Gasteiger partial charge in [-0.05, 0) is 20.8 Å². The summed E-state index contributed by atoms with van der Waals surface area (Å²) in [6.45, 7) is 4.77. The monoisotopic (exact) mass is 474 g/mol. The highest BCUT2D eigenvalue weighted by Gasteiger charge is 2.37. The third-order valence-corrected chi connectivity index (χ3v) is 4.36. The minimum absolute atomic E-state index is 0.0241. The molecule has 0 bridgehead atoms. The molecular weight excluding hydrogens is 454 g/mol. The van der Waals surface area contributed by atoms with Crippen LogP contribution in [0, 0.1) is 5.82 Å². The smallest absolute Gasteiger partial charge is 0.423 e. The molecule has 0 aliphatic carbocycles. The second kappa shape index (κ2) is 9.52. The Kier molecular flexibility index (Phi) is 7.50. The van der Waals surface area contributed by atoms with Crippen LogP contribution >= 0.6 is 23.2 Å². The second-order valence-corrected chi connectivity index (χ2v) is 7.88. The van der Waals surface area contributed by atoms with Gasteiger partial charge in [0, 0.05) is 19.2 Å². The zero-order valence-electron chi connectivity index (χ0n) is 17.7. The molecule has 1 heterocycles. The number of halogens is 3. The summed E-state index contributed by atoms with van der Waals surface area (Å²) in [5.74, 6) is -1.35. The number of benzene rings is 1. The van der Waals surface area contributed by atoms with Crippen LogP contribution < -0.4 is 19.3 Å². The molecule has 0 spiro atoms. The van der Waals surface area contributed by atoms with Gasteiger partial charge in [-0.3, -0.25) is 4.90 Å². The summed E-state index contributed by atoms with van der Waals surface area (Å²) >= 11 is 12.1. The fourth-order valence-electron chi connectivity index (χ4n) is 2.40. The number of imide groups is 1. The summed E-state index contributed by atoms with van der Waals surface area (Å²) in [4.78, 5) is 35.4. The number of anilines is 2. The number of hydrogen-bond donors (Lipinski definition) is 0. The number of carbonyl (C=O) groups excluding carboxylic acids is 2. The van der Waals surface area contributed by atoms with Crippen LogP contribution in [0.3, 0.4) is 0 Å². The summed E-state index contributed by atoms with van der Waals surface area (Å²) in [6, 6.07) is 1.45. The van der Waals surface area contributed by atoms with Crippen molar-refractivity contribution in [1.29, 1.82) is 0 Å². The number of nitrogens with zero attached hydrogens (tertiary/aromatic N) is 4. The van der Waals surface area contributed by atoms with E-state index in [-0.39, 0.29) is 27.5 Å². The summed E-state index contributed by atoms with van der Waals surface area (Å²) < 4.78 is 30.7. The van der Waals surface area contributed by atoms with E-state index in [4.69, 9.17) is 37.4 Å². The van der Waals surface area contributed by atoms with Gasteiger partial charge in [-0.25, -0.2) is 23.9 Å². The fourth-order valence-corrected chi connectivity index (χ4v) is 2.84.